The van der Waals surface area contributed by atoms with Crippen molar-refractivity contribution in [1.82, 2.24) is 9.03 Å². The number of thiophene rings is 1. The van der Waals surface area contributed by atoms with Crippen LogP contribution >= 0.6 is 22.9 Å². The molecule has 0 unspecified atom stereocenters. The van der Waals surface area contributed by atoms with Crippen LogP contribution in [0.5, 0.6) is 5.75 Å². The normalized spacial score (nSPS) is 17.1. The average molecular weight is 451 g/mol. The van der Waals surface area contributed by atoms with Crippen molar-refractivity contribution in [2.45, 2.75) is 28.0 Å². The van der Waals surface area contributed by atoms with Gasteiger partial charge in [-0.15, -0.1) is 11.3 Å². The highest BCUT2D eigenvalue weighted by atomic mass is 35.5. The molecule has 1 fully saturated rings. The third-order valence-corrected chi connectivity index (χ3v) is 9.44. The second-order valence-corrected chi connectivity index (χ2v) is 11.6. The molecule has 148 valence electrons. The summed E-state index contributed by atoms with van der Waals surface area (Å²) in [5, 5.41) is 0. The summed E-state index contributed by atoms with van der Waals surface area (Å²) < 4.78 is 59.8. The molecule has 1 N–H and O–H groups in total. The molecule has 0 radical (unpaired) electrons. The van der Waals surface area contributed by atoms with Gasteiger partial charge >= 0.3 is 0 Å². The third kappa shape index (κ3) is 4.64. The van der Waals surface area contributed by atoms with Crippen LogP contribution in [0.4, 0.5) is 0 Å². The topological polar surface area (TPSA) is 92.8 Å². The maximum Gasteiger partial charge on any atom is 0.250 e. The standard InChI is InChI=1S/C16H19ClN2O5S3/c1-24-13-2-4-14(5-3-13)27(22,23)19-10-8-12(9-11-19)18-26(20,21)16-7-6-15(17)25-16/h2-7,12,18H,8-11H2,1H3. The molecule has 1 aliphatic heterocycles. The van der Waals surface area contributed by atoms with Crippen molar-refractivity contribution >= 4 is 43.0 Å². The zero-order valence-electron chi connectivity index (χ0n) is 14.5. The van der Waals surface area contributed by atoms with E-state index in [0.717, 1.165) is 11.3 Å². The van der Waals surface area contributed by atoms with Gasteiger partial charge in [0.25, 0.3) is 0 Å². The molecule has 1 aliphatic rings. The van der Waals surface area contributed by atoms with E-state index in [4.69, 9.17) is 16.3 Å². The van der Waals surface area contributed by atoms with Crippen LogP contribution in [-0.4, -0.2) is 47.4 Å². The zero-order valence-corrected chi connectivity index (χ0v) is 17.7. The van der Waals surface area contributed by atoms with E-state index in [1.165, 1.54) is 35.7 Å². The van der Waals surface area contributed by atoms with E-state index in [2.05, 4.69) is 4.72 Å². The third-order valence-electron chi connectivity index (χ3n) is 4.29. The van der Waals surface area contributed by atoms with Crippen LogP contribution in [0.1, 0.15) is 12.8 Å². The van der Waals surface area contributed by atoms with Crippen LogP contribution in [0.15, 0.2) is 45.5 Å². The van der Waals surface area contributed by atoms with Crippen LogP contribution in [-0.2, 0) is 20.0 Å². The molecular weight excluding hydrogens is 432 g/mol. The highest BCUT2D eigenvalue weighted by molar-refractivity contribution is 7.91. The fraction of sp³-hybridized carbons (Fsp3) is 0.375. The molecule has 3 rings (SSSR count). The summed E-state index contributed by atoms with van der Waals surface area (Å²) in [6.45, 7) is 0.486. The SMILES string of the molecule is COc1ccc(S(=O)(=O)N2CCC(NS(=O)(=O)c3ccc(Cl)s3)CC2)cc1. The monoisotopic (exact) mass is 450 g/mol. The molecule has 27 heavy (non-hydrogen) atoms. The number of piperidine rings is 1. The number of hydrogen-bond acceptors (Lipinski definition) is 6. The van der Waals surface area contributed by atoms with E-state index in [1.54, 1.807) is 12.1 Å². The number of sulfonamides is 2. The van der Waals surface area contributed by atoms with Crippen molar-refractivity contribution < 1.29 is 21.6 Å². The first-order valence-electron chi connectivity index (χ1n) is 8.14. The summed E-state index contributed by atoms with van der Waals surface area (Å²) in [5.41, 5.74) is 0. The van der Waals surface area contributed by atoms with Crippen molar-refractivity contribution in [2.75, 3.05) is 20.2 Å². The van der Waals surface area contributed by atoms with Gasteiger partial charge in [-0.3, -0.25) is 0 Å². The molecule has 2 heterocycles. The summed E-state index contributed by atoms with van der Waals surface area (Å²) >= 11 is 6.79. The molecule has 1 aromatic heterocycles. The Morgan fingerprint density at radius 2 is 1.70 bits per heavy atom. The Labute approximate surface area is 168 Å². The summed E-state index contributed by atoms with van der Waals surface area (Å²) in [4.78, 5) is 0.190. The van der Waals surface area contributed by atoms with Gasteiger partial charge in [0, 0.05) is 19.1 Å². The van der Waals surface area contributed by atoms with Crippen LogP contribution in [0, 0.1) is 0 Å². The lowest BCUT2D eigenvalue weighted by atomic mass is 10.1. The minimum absolute atomic E-state index is 0.154. The van der Waals surface area contributed by atoms with Crippen LogP contribution in [0.25, 0.3) is 0 Å². The van der Waals surface area contributed by atoms with Crippen LogP contribution in [0.3, 0.4) is 0 Å². The fourth-order valence-electron chi connectivity index (χ4n) is 2.83. The number of nitrogens with zero attached hydrogens (tertiary/aromatic N) is 1. The Bertz CT molecular complexity index is 995. The molecule has 0 spiro atoms. The molecule has 7 nitrogen and oxygen atoms in total. The van der Waals surface area contributed by atoms with E-state index in [-0.39, 0.29) is 28.2 Å². The van der Waals surface area contributed by atoms with Gasteiger partial charge in [-0.2, -0.15) is 4.31 Å². The van der Waals surface area contributed by atoms with E-state index in [1.807, 2.05) is 0 Å². The number of ether oxygens (including phenoxy) is 1. The van der Waals surface area contributed by atoms with Gasteiger partial charge in [-0.05, 0) is 49.2 Å². The smallest absolute Gasteiger partial charge is 0.250 e. The zero-order chi connectivity index (χ0) is 19.7. The Hall–Kier alpha value is -1.17. The molecule has 0 bridgehead atoms. The minimum atomic E-state index is -3.65. The second-order valence-electron chi connectivity index (χ2n) is 6.03. The van der Waals surface area contributed by atoms with E-state index in [0.29, 0.717) is 22.9 Å². The largest absolute Gasteiger partial charge is 0.497 e. The van der Waals surface area contributed by atoms with Crippen molar-refractivity contribution in [3.05, 3.63) is 40.7 Å². The van der Waals surface area contributed by atoms with Gasteiger partial charge in [-0.1, -0.05) is 11.6 Å². The lowest BCUT2D eigenvalue weighted by molar-refractivity contribution is 0.308. The molecule has 1 saturated heterocycles. The van der Waals surface area contributed by atoms with Crippen LogP contribution in [0.2, 0.25) is 4.34 Å². The van der Waals surface area contributed by atoms with Crippen molar-refractivity contribution in [3.8, 4) is 5.75 Å². The van der Waals surface area contributed by atoms with Crippen molar-refractivity contribution in [2.24, 2.45) is 0 Å². The predicted molar refractivity (Wildman–Crippen MR) is 104 cm³/mol. The average Bonchev–Trinajstić information content (AvgIpc) is 3.09. The first-order chi connectivity index (χ1) is 12.7. The number of benzene rings is 1. The maximum atomic E-state index is 12.7. The van der Waals surface area contributed by atoms with E-state index >= 15 is 0 Å². The first-order valence-corrected chi connectivity index (χ1v) is 12.3. The van der Waals surface area contributed by atoms with Gasteiger partial charge in [0.1, 0.15) is 9.96 Å². The Morgan fingerprint density at radius 3 is 2.22 bits per heavy atom. The highest BCUT2D eigenvalue weighted by Gasteiger charge is 2.31. The Kier molecular flexibility index (Phi) is 6.14. The Morgan fingerprint density at radius 1 is 1.07 bits per heavy atom. The number of methoxy groups -OCH3 is 1. The summed E-state index contributed by atoms with van der Waals surface area (Å²) in [6.07, 6.45) is 0.793. The maximum absolute atomic E-state index is 12.7. The molecule has 11 heteroatoms. The highest BCUT2D eigenvalue weighted by Crippen LogP contribution is 2.27. The summed E-state index contributed by atoms with van der Waals surface area (Å²) in [6, 6.07) is 8.87. The minimum Gasteiger partial charge on any atom is -0.497 e. The van der Waals surface area contributed by atoms with Gasteiger partial charge in [0.2, 0.25) is 20.0 Å². The van der Waals surface area contributed by atoms with Crippen molar-refractivity contribution in [1.29, 1.82) is 0 Å². The van der Waals surface area contributed by atoms with Gasteiger partial charge in [0.15, 0.2) is 0 Å². The Balaban J connectivity index is 1.64. The van der Waals surface area contributed by atoms with Gasteiger partial charge < -0.3 is 4.74 Å². The molecule has 0 aliphatic carbocycles. The molecular formula is C16H19ClN2O5S3. The molecule has 2 aromatic rings. The molecule has 0 amide bonds. The lowest BCUT2D eigenvalue weighted by Crippen LogP contribution is -2.46. The van der Waals surface area contributed by atoms with Crippen LogP contribution < -0.4 is 9.46 Å². The van der Waals surface area contributed by atoms with E-state index in [9.17, 15) is 16.8 Å². The first kappa shape index (κ1) is 20.6. The molecule has 0 atom stereocenters. The van der Waals surface area contributed by atoms with Gasteiger partial charge in [0.05, 0.1) is 16.3 Å². The molecule has 0 saturated carbocycles. The number of nitrogens with one attached hydrogen (secondary N) is 1. The van der Waals surface area contributed by atoms with Gasteiger partial charge in [-0.25, -0.2) is 21.6 Å². The fourth-order valence-corrected chi connectivity index (χ4v) is 7.10. The second kappa shape index (κ2) is 8.06. The predicted octanol–water partition coefficient (Wildman–Crippen LogP) is 2.54. The van der Waals surface area contributed by atoms with Crippen molar-refractivity contribution in [3.63, 3.8) is 0 Å². The molecule has 1 aromatic carbocycles. The number of halogens is 1. The van der Waals surface area contributed by atoms with E-state index < -0.39 is 20.0 Å². The summed E-state index contributed by atoms with van der Waals surface area (Å²) in [5.74, 6) is 0.579. The quantitative estimate of drug-likeness (QED) is 0.730. The summed E-state index contributed by atoms with van der Waals surface area (Å²) in [7, 11) is -5.75. The lowest BCUT2D eigenvalue weighted by Gasteiger charge is -2.31. The number of rotatable bonds is 6. The number of hydrogen-bond donors (Lipinski definition) is 1.